The van der Waals surface area contributed by atoms with Crippen LogP contribution < -0.4 is 16.0 Å². The molecule has 1 aliphatic carbocycles. The molecule has 0 radical (unpaired) electrons. The molecule has 2 aliphatic rings. The first kappa shape index (κ1) is 33.9. The van der Waals surface area contributed by atoms with Gasteiger partial charge in [0.2, 0.25) is 0 Å². The second-order valence-corrected chi connectivity index (χ2v) is 25.8. The van der Waals surface area contributed by atoms with Crippen molar-refractivity contribution in [1.82, 2.24) is 10.3 Å². The van der Waals surface area contributed by atoms with E-state index < -0.39 is 28.3 Å². The summed E-state index contributed by atoms with van der Waals surface area (Å²) in [6.07, 6.45) is 3.01. The number of nitrogen functional groups attached to an aromatic ring is 1. The Bertz CT molecular complexity index is 1110. The summed E-state index contributed by atoms with van der Waals surface area (Å²) < 4.78 is 19.5. The van der Waals surface area contributed by atoms with E-state index in [0.717, 1.165) is 30.8 Å². The fourth-order valence-corrected chi connectivity index (χ4v) is 8.00. The molecule has 4 atom stereocenters. The van der Waals surface area contributed by atoms with Crippen LogP contribution in [0.5, 0.6) is 0 Å². The predicted octanol–water partition coefficient (Wildman–Crippen LogP) is 7.41. The number of pyridine rings is 1. The summed E-state index contributed by atoms with van der Waals surface area (Å²) >= 11 is 0. The van der Waals surface area contributed by atoms with Gasteiger partial charge in [-0.15, -0.1) is 0 Å². The first-order valence-corrected chi connectivity index (χ1v) is 21.1. The van der Waals surface area contributed by atoms with Crippen molar-refractivity contribution in [2.75, 3.05) is 23.7 Å². The van der Waals surface area contributed by atoms with Gasteiger partial charge in [0.05, 0.1) is 41.5 Å². The largest absolute Gasteiger partial charge is 0.444 e. The van der Waals surface area contributed by atoms with Crippen LogP contribution >= 0.6 is 0 Å². The average molecular weight is 607 g/mol. The quantitative estimate of drug-likeness (QED) is 0.325. The molecule has 4 unspecified atom stereocenters. The standard InChI is InChI=1S/C31H58N4O4Si2/c1-20-18-35(19-23(34-28(36)37-29(2,3)4)27(20)39-41(13,14)31(8,9)10)26-21-15-16-24(25(21)33-17-22(26)32)38-40(11,12)30(5,6)7/h17,20,23-24,27H,15-16,18-19,32H2,1-14H3,(H,34,36). The Morgan fingerprint density at radius 3 is 2.07 bits per heavy atom. The highest BCUT2D eigenvalue weighted by atomic mass is 28.4. The van der Waals surface area contributed by atoms with Gasteiger partial charge in [-0.1, -0.05) is 48.5 Å². The number of amides is 1. The second-order valence-electron chi connectivity index (χ2n) is 16.3. The number of nitrogens with two attached hydrogens (primary N) is 1. The summed E-state index contributed by atoms with van der Waals surface area (Å²) in [4.78, 5) is 20.2. The molecule has 0 spiro atoms. The summed E-state index contributed by atoms with van der Waals surface area (Å²) in [5.74, 6) is 0.154. The van der Waals surface area contributed by atoms with E-state index in [1.54, 1.807) is 6.20 Å². The smallest absolute Gasteiger partial charge is 0.408 e. The minimum Gasteiger partial charge on any atom is -0.444 e. The molecule has 1 aromatic rings. The van der Waals surface area contributed by atoms with Crippen LogP contribution in [0.2, 0.25) is 36.3 Å². The Morgan fingerprint density at radius 1 is 0.976 bits per heavy atom. The molecule has 8 nitrogen and oxygen atoms in total. The molecule has 10 heteroatoms. The average Bonchev–Trinajstić information content (AvgIpc) is 3.14. The molecular formula is C31H58N4O4Si2. The number of ether oxygens (including phenoxy) is 1. The number of hydrogen-bond acceptors (Lipinski definition) is 7. The Hall–Kier alpha value is -1.63. The van der Waals surface area contributed by atoms with Crippen molar-refractivity contribution in [1.29, 1.82) is 0 Å². The van der Waals surface area contributed by atoms with Gasteiger partial charge in [0, 0.05) is 24.6 Å². The Morgan fingerprint density at radius 2 is 1.54 bits per heavy atom. The summed E-state index contributed by atoms with van der Waals surface area (Å²) in [5.41, 5.74) is 9.97. The van der Waals surface area contributed by atoms with Crippen LogP contribution in [0.3, 0.4) is 0 Å². The van der Waals surface area contributed by atoms with Crippen molar-refractivity contribution in [2.45, 2.75) is 142 Å². The number of alkyl carbamates (subject to hydrolysis) is 1. The van der Waals surface area contributed by atoms with Crippen molar-refractivity contribution in [3.63, 3.8) is 0 Å². The lowest BCUT2D eigenvalue weighted by molar-refractivity contribution is 0.0336. The molecule has 1 amide bonds. The number of rotatable bonds is 6. The fourth-order valence-electron chi connectivity index (χ4n) is 5.28. The second kappa shape index (κ2) is 11.5. The third-order valence-electron chi connectivity index (χ3n) is 9.55. The van der Waals surface area contributed by atoms with Crippen LogP contribution in [0.25, 0.3) is 0 Å². The number of nitrogens with one attached hydrogen (secondary N) is 1. The van der Waals surface area contributed by atoms with E-state index in [4.69, 9.17) is 24.3 Å². The number of carbonyl (C=O) groups excluding carboxylic acids is 1. The number of piperidine rings is 1. The molecule has 0 bridgehead atoms. The van der Waals surface area contributed by atoms with Gasteiger partial charge in [0.15, 0.2) is 16.6 Å². The molecular weight excluding hydrogens is 549 g/mol. The van der Waals surface area contributed by atoms with E-state index in [2.05, 4.69) is 84.9 Å². The molecule has 1 saturated heterocycles. The first-order chi connectivity index (χ1) is 18.4. The number of aromatic nitrogens is 1. The Balaban J connectivity index is 1.96. The van der Waals surface area contributed by atoms with Crippen molar-refractivity contribution in [3.05, 3.63) is 17.5 Å². The van der Waals surface area contributed by atoms with Crippen molar-refractivity contribution >= 4 is 34.1 Å². The first-order valence-electron chi connectivity index (χ1n) is 15.3. The van der Waals surface area contributed by atoms with Crippen LogP contribution in [0.15, 0.2) is 6.20 Å². The highest BCUT2D eigenvalue weighted by Gasteiger charge is 2.46. The van der Waals surface area contributed by atoms with Crippen LogP contribution in [0.1, 0.15) is 93.0 Å². The lowest BCUT2D eigenvalue weighted by atomic mass is 9.91. The summed E-state index contributed by atoms with van der Waals surface area (Å²) in [6, 6.07) is -0.258. The van der Waals surface area contributed by atoms with Gasteiger partial charge in [-0.05, 0) is 69.9 Å². The lowest BCUT2D eigenvalue weighted by Gasteiger charge is -2.49. The van der Waals surface area contributed by atoms with Gasteiger partial charge < -0.3 is 29.5 Å². The topological polar surface area (TPSA) is 98.9 Å². The van der Waals surface area contributed by atoms with Gasteiger partial charge in [-0.2, -0.15) is 0 Å². The van der Waals surface area contributed by atoms with Crippen LogP contribution in [0.4, 0.5) is 16.2 Å². The van der Waals surface area contributed by atoms with E-state index in [0.29, 0.717) is 12.2 Å². The zero-order chi connectivity index (χ0) is 31.3. The van der Waals surface area contributed by atoms with E-state index in [9.17, 15) is 4.79 Å². The zero-order valence-corrected chi connectivity index (χ0v) is 30.3. The van der Waals surface area contributed by atoms with Crippen LogP contribution in [-0.4, -0.2) is 58.5 Å². The number of fused-ring (bicyclic) bond motifs is 1. The van der Waals surface area contributed by atoms with E-state index >= 15 is 0 Å². The minimum atomic E-state index is -2.11. The third-order valence-corrected chi connectivity index (χ3v) is 18.5. The fraction of sp³-hybridized carbons (Fsp3) is 0.806. The molecule has 3 N–H and O–H groups in total. The normalized spacial score (nSPS) is 24.3. The molecule has 234 valence electrons. The van der Waals surface area contributed by atoms with Gasteiger partial charge in [0.1, 0.15) is 5.60 Å². The number of anilines is 2. The summed E-state index contributed by atoms with van der Waals surface area (Å²) in [6.45, 7) is 31.9. The van der Waals surface area contributed by atoms with Crippen LogP contribution in [-0.2, 0) is 20.0 Å². The molecule has 41 heavy (non-hydrogen) atoms. The minimum absolute atomic E-state index is 0.0159. The number of nitrogens with zero attached hydrogens (tertiary/aromatic N) is 2. The van der Waals surface area contributed by atoms with Gasteiger partial charge >= 0.3 is 6.09 Å². The maximum atomic E-state index is 13.1. The molecule has 0 saturated carbocycles. The van der Waals surface area contributed by atoms with E-state index in [1.165, 1.54) is 5.56 Å². The van der Waals surface area contributed by atoms with Gasteiger partial charge in [-0.25, -0.2) is 4.79 Å². The van der Waals surface area contributed by atoms with E-state index in [1.807, 2.05) is 20.8 Å². The van der Waals surface area contributed by atoms with Crippen molar-refractivity contribution in [3.8, 4) is 0 Å². The summed E-state index contributed by atoms with van der Waals surface area (Å²) in [7, 11) is -4.08. The molecule has 2 heterocycles. The van der Waals surface area contributed by atoms with Gasteiger partial charge in [-0.3, -0.25) is 4.98 Å². The Kier molecular flexibility index (Phi) is 9.47. The highest BCUT2D eigenvalue weighted by molar-refractivity contribution is 6.74. The van der Waals surface area contributed by atoms with Gasteiger partial charge in [0.25, 0.3) is 0 Å². The third kappa shape index (κ3) is 7.67. The molecule has 0 aromatic carbocycles. The van der Waals surface area contributed by atoms with E-state index in [-0.39, 0.29) is 34.2 Å². The number of hydrogen-bond donors (Lipinski definition) is 2. The summed E-state index contributed by atoms with van der Waals surface area (Å²) in [5, 5.41) is 3.36. The monoisotopic (exact) mass is 606 g/mol. The lowest BCUT2D eigenvalue weighted by Crippen LogP contribution is -2.63. The molecule has 3 rings (SSSR count). The van der Waals surface area contributed by atoms with Crippen LogP contribution in [0, 0.1) is 5.92 Å². The maximum Gasteiger partial charge on any atom is 0.408 e. The molecule has 1 aliphatic heterocycles. The SMILES string of the molecule is CC1CN(c2c(N)cnc3c2CCC3O[Si](C)(C)C(C)(C)C)CC(NC(=O)OC(C)(C)C)C1O[Si](C)(C)C(C)(C)C. The van der Waals surface area contributed by atoms with Crippen molar-refractivity contribution in [2.24, 2.45) is 5.92 Å². The zero-order valence-electron chi connectivity index (χ0n) is 28.3. The molecule has 1 aromatic heterocycles. The molecule has 1 fully saturated rings. The predicted molar refractivity (Wildman–Crippen MR) is 175 cm³/mol. The maximum absolute atomic E-state index is 13.1. The van der Waals surface area contributed by atoms with Crippen molar-refractivity contribution < 1.29 is 18.4 Å². The Labute approximate surface area is 251 Å². The highest BCUT2D eigenvalue weighted by Crippen LogP contribution is 2.47. The number of carbonyl (C=O) groups is 1.